The van der Waals surface area contributed by atoms with Gasteiger partial charge in [0.25, 0.3) is 0 Å². The maximum Gasteiger partial charge on any atom is 0.324 e. The van der Waals surface area contributed by atoms with Crippen LogP contribution >= 0.6 is 0 Å². The molecule has 6 heteroatoms. The van der Waals surface area contributed by atoms with Gasteiger partial charge >= 0.3 is 17.9 Å². The van der Waals surface area contributed by atoms with Gasteiger partial charge in [0.15, 0.2) is 5.41 Å². The topological polar surface area (TPSA) is 78.9 Å². The molecule has 2 aromatic carbocycles. The van der Waals surface area contributed by atoms with Crippen LogP contribution in [0.25, 0.3) is 0 Å². The van der Waals surface area contributed by atoms with Gasteiger partial charge in [-0.3, -0.25) is 14.4 Å². The van der Waals surface area contributed by atoms with Crippen molar-refractivity contribution in [3.8, 4) is 0 Å². The fourth-order valence-electron chi connectivity index (χ4n) is 6.16. The minimum Gasteiger partial charge on any atom is -0.465 e. The Morgan fingerprint density at radius 3 is 1.92 bits per heavy atom. The minimum atomic E-state index is -1.50. The van der Waals surface area contributed by atoms with Gasteiger partial charge in [-0.15, -0.1) is 0 Å². The molecule has 2 aliphatic carbocycles. The molecule has 0 unspecified atom stereocenters. The standard InChI is InChI=1S/C32H34O6/c1-22-17-31(15-9-10-16-36-28(31)33)23(2)27-19-32(18-26(22)27,29(34)37-20-24-11-5-3-6-12-24)30(35)38-21-25-13-7-4-8-14-25/h3-8,11-14H,9-10,15-21H2,1-2H3/t31-/m0/s1. The van der Waals surface area contributed by atoms with Crippen LogP contribution < -0.4 is 0 Å². The van der Waals surface area contributed by atoms with Crippen molar-refractivity contribution in [1.82, 2.24) is 0 Å². The molecule has 3 aliphatic rings. The third-order valence-corrected chi connectivity index (χ3v) is 8.40. The highest BCUT2D eigenvalue weighted by Crippen LogP contribution is 2.57. The van der Waals surface area contributed by atoms with E-state index in [0.717, 1.165) is 46.3 Å². The Balaban J connectivity index is 1.49. The second-order valence-corrected chi connectivity index (χ2v) is 10.8. The van der Waals surface area contributed by atoms with E-state index in [1.54, 1.807) is 0 Å². The van der Waals surface area contributed by atoms with Crippen LogP contribution in [0.2, 0.25) is 0 Å². The van der Waals surface area contributed by atoms with E-state index < -0.39 is 22.8 Å². The average molecular weight is 515 g/mol. The van der Waals surface area contributed by atoms with Crippen LogP contribution in [0.4, 0.5) is 0 Å². The fourth-order valence-corrected chi connectivity index (χ4v) is 6.16. The molecule has 6 nitrogen and oxygen atoms in total. The number of rotatable bonds is 6. The van der Waals surface area contributed by atoms with Crippen molar-refractivity contribution in [3.05, 3.63) is 94.1 Å². The highest BCUT2D eigenvalue weighted by molar-refractivity contribution is 6.02. The highest BCUT2D eigenvalue weighted by atomic mass is 16.6. The van der Waals surface area contributed by atoms with E-state index in [1.807, 2.05) is 74.5 Å². The zero-order valence-corrected chi connectivity index (χ0v) is 22.1. The summed E-state index contributed by atoms with van der Waals surface area (Å²) < 4.78 is 17.1. The molecule has 2 fully saturated rings. The normalized spacial score (nSPS) is 22.5. The Kier molecular flexibility index (Phi) is 7.24. The smallest absolute Gasteiger partial charge is 0.324 e. The SMILES string of the molecule is CC1=C2CC(C(=O)OCc3ccccc3)(C(=O)OCc3ccccc3)CC2=C(C)[C@]2(CCCCOC2=O)C1. The minimum absolute atomic E-state index is 0.0692. The summed E-state index contributed by atoms with van der Waals surface area (Å²) in [5, 5.41) is 0. The maximum absolute atomic E-state index is 13.8. The van der Waals surface area contributed by atoms with Crippen LogP contribution in [0, 0.1) is 10.8 Å². The second-order valence-electron chi connectivity index (χ2n) is 10.8. The summed E-state index contributed by atoms with van der Waals surface area (Å²) in [6.45, 7) is 4.54. The summed E-state index contributed by atoms with van der Waals surface area (Å²) in [6, 6.07) is 18.8. The molecular weight excluding hydrogens is 480 g/mol. The maximum atomic E-state index is 13.8. The first-order valence-corrected chi connectivity index (χ1v) is 13.3. The molecule has 38 heavy (non-hydrogen) atoms. The van der Waals surface area contributed by atoms with Crippen molar-refractivity contribution in [2.45, 2.75) is 65.6 Å². The van der Waals surface area contributed by atoms with Gasteiger partial charge in [0.1, 0.15) is 13.2 Å². The Morgan fingerprint density at radius 1 is 0.789 bits per heavy atom. The zero-order chi connectivity index (χ0) is 26.8. The number of cyclic esters (lactones) is 1. The summed E-state index contributed by atoms with van der Waals surface area (Å²) in [5.41, 5.74) is 3.26. The molecule has 0 radical (unpaired) electrons. The molecule has 0 aromatic heterocycles. The molecule has 1 saturated carbocycles. The lowest BCUT2D eigenvalue weighted by Gasteiger charge is -2.37. The van der Waals surface area contributed by atoms with E-state index in [-0.39, 0.29) is 32.0 Å². The largest absolute Gasteiger partial charge is 0.465 e. The van der Waals surface area contributed by atoms with Gasteiger partial charge in [0.2, 0.25) is 0 Å². The predicted octanol–water partition coefficient (Wildman–Crippen LogP) is 6.00. The molecular formula is C32H34O6. The van der Waals surface area contributed by atoms with Gasteiger partial charge in [-0.2, -0.15) is 0 Å². The van der Waals surface area contributed by atoms with Gasteiger partial charge in [-0.05, 0) is 74.6 Å². The Labute approximate surface area is 223 Å². The van der Waals surface area contributed by atoms with Crippen LogP contribution in [0.3, 0.4) is 0 Å². The van der Waals surface area contributed by atoms with Gasteiger partial charge in [0.05, 0.1) is 12.0 Å². The second kappa shape index (κ2) is 10.6. The molecule has 0 amide bonds. The lowest BCUT2D eigenvalue weighted by molar-refractivity contribution is -0.173. The van der Waals surface area contributed by atoms with E-state index in [2.05, 4.69) is 0 Å². The van der Waals surface area contributed by atoms with Crippen molar-refractivity contribution in [2.24, 2.45) is 10.8 Å². The number of carbonyl (C=O) groups is 3. The molecule has 1 saturated heterocycles. The van der Waals surface area contributed by atoms with Crippen LogP contribution in [-0.2, 0) is 41.8 Å². The summed E-state index contributed by atoms with van der Waals surface area (Å²) in [7, 11) is 0. The van der Waals surface area contributed by atoms with E-state index in [4.69, 9.17) is 14.2 Å². The first-order valence-electron chi connectivity index (χ1n) is 13.3. The van der Waals surface area contributed by atoms with E-state index >= 15 is 0 Å². The average Bonchev–Trinajstić information content (AvgIpc) is 3.28. The van der Waals surface area contributed by atoms with Crippen molar-refractivity contribution < 1.29 is 28.6 Å². The number of benzene rings is 2. The van der Waals surface area contributed by atoms with Crippen LogP contribution in [0.5, 0.6) is 0 Å². The van der Waals surface area contributed by atoms with Crippen LogP contribution in [-0.4, -0.2) is 24.5 Å². The first kappa shape index (κ1) is 26.0. The van der Waals surface area contributed by atoms with Crippen LogP contribution in [0.1, 0.15) is 63.5 Å². The van der Waals surface area contributed by atoms with Crippen molar-refractivity contribution >= 4 is 17.9 Å². The predicted molar refractivity (Wildman–Crippen MR) is 141 cm³/mol. The summed E-state index contributed by atoms with van der Waals surface area (Å²) >= 11 is 0. The number of ether oxygens (including phenoxy) is 3. The molecule has 5 rings (SSSR count). The zero-order valence-electron chi connectivity index (χ0n) is 22.1. The van der Waals surface area contributed by atoms with Crippen LogP contribution in [0.15, 0.2) is 83.0 Å². The number of esters is 3. The van der Waals surface area contributed by atoms with E-state index in [9.17, 15) is 14.4 Å². The summed E-state index contributed by atoms with van der Waals surface area (Å²) in [5.74, 6) is -1.38. The molecule has 198 valence electrons. The number of fused-ring (bicyclic) bond motifs is 1. The highest BCUT2D eigenvalue weighted by Gasteiger charge is 2.58. The molecule has 0 N–H and O–H groups in total. The third kappa shape index (κ3) is 4.68. The molecule has 1 atom stereocenters. The lowest BCUT2D eigenvalue weighted by atomic mass is 9.66. The number of allylic oxidation sites excluding steroid dienone is 3. The number of carbonyl (C=O) groups excluding carboxylic acids is 3. The lowest BCUT2D eigenvalue weighted by Crippen LogP contribution is -2.40. The van der Waals surface area contributed by atoms with Gasteiger partial charge in [0, 0.05) is 0 Å². The van der Waals surface area contributed by atoms with Gasteiger partial charge < -0.3 is 14.2 Å². The van der Waals surface area contributed by atoms with Gasteiger partial charge in [-0.1, -0.05) is 71.8 Å². The Bertz CT molecular complexity index is 1230. The third-order valence-electron chi connectivity index (χ3n) is 8.40. The van der Waals surface area contributed by atoms with E-state index in [1.165, 1.54) is 0 Å². The van der Waals surface area contributed by atoms with Crippen molar-refractivity contribution in [1.29, 1.82) is 0 Å². The summed E-state index contributed by atoms with van der Waals surface area (Å²) in [6.07, 6.45) is 3.34. The van der Waals surface area contributed by atoms with E-state index in [0.29, 0.717) is 19.4 Å². The van der Waals surface area contributed by atoms with Crippen molar-refractivity contribution in [2.75, 3.05) is 6.61 Å². The fraction of sp³-hybridized carbons (Fsp3) is 0.406. The summed E-state index contributed by atoms with van der Waals surface area (Å²) in [4.78, 5) is 40.8. The number of hydrogen-bond acceptors (Lipinski definition) is 6. The first-order chi connectivity index (χ1) is 18.4. The molecule has 1 spiro atoms. The molecule has 1 aliphatic heterocycles. The Morgan fingerprint density at radius 2 is 1.34 bits per heavy atom. The Hall–Kier alpha value is -3.67. The number of hydrogen-bond donors (Lipinski definition) is 0. The monoisotopic (exact) mass is 514 g/mol. The van der Waals surface area contributed by atoms with Gasteiger partial charge in [-0.25, -0.2) is 0 Å². The van der Waals surface area contributed by atoms with Crippen molar-refractivity contribution in [3.63, 3.8) is 0 Å². The molecule has 1 heterocycles. The quantitative estimate of drug-likeness (QED) is 0.267. The molecule has 2 aromatic rings. The molecule has 0 bridgehead atoms.